The van der Waals surface area contributed by atoms with Crippen LogP contribution in [0.5, 0.6) is 0 Å². The number of aliphatic hydroxyl groups is 1. The van der Waals surface area contributed by atoms with Gasteiger partial charge in [-0.05, 0) is 49.4 Å². The van der Waals surface area contributed by atoms with Gasteiger partial charge in [-0.2, -0.15) is 0 Å². The van der Waals surface area contributed by atoms with Gasteiger partial charge in [0, 0.05) is 0 Å². The molecule has 0 aromatic rings. The molecule has 2 atom stereocenters. The summed E-state index contributed by atoms with van der Waals surface area (Å²) in [5, 5.41) is 10.7. The van der Waals surface area contributed by atoms with Crippen molar-refractivity contribution in [3.63, 3.8) is 0 Å². The van der Waals surface area contributed by atoms with E-state index >= 15 is 0 Å². The summed E-state index contributed by atoms with van der Waals surface area (Å²) in [5.41, 5.74) is -0.00813. The lowest BCUT2D eigenvalue weighted by Gasteiger charge is -2.39. The maximum atomic E-state index is 10.7. The Labute approximate surface area is 108 Å². The van der Waals surface area contributed by atoms with Gasteiger partial charge in [0.2, 0.25) is 0 Å². The van der Waals surface area contributed by atoms with Crippen molar-refractivity contribution in [1.29, 1.82) is 0 Å². The molecule has 0 spiro atoms. The molecule has 0 aromatic carbocycles. The van der Waals surface area contributed by atoms with E-state index in [9.17, 15) is 5.11 Å². The molecule has 0 bridgehead atoms. The van der Waals surface area contributed by atoms with Crippen LogP contribution in [-0.4, -0.2) is 10.7 Å². The average Bonchev–Trinajstić information content (AvgIpc) is 2.13. The van der Waals surface area contributed by atoms with Crippen molar-refractivity contribution in [3.05, 3.63) is 0 Å². The number of hydrogen-bond donors (Lipinski definition) is 1. The van der Waals surface area contributed by atoms with Crippen LogP contribution in [0.25, 0.3) is 0 Å². The fraction of sp³-hybridized carbons (Fsp3) is 1.00. The summed E-state index contributed by atoms with van der Waals surface area (Å²) >= 11 is 0. The van der Waals surface area contributed by atoms with Gasteiger partial charge >= 0.3 is 0 Å². The second-order valence-corrected chi connectivity index (χ2v) is 7.88. The van der Waals surface area contributed by atoms with Crippen molar-refractivity contribution in [2.45, 2.75) is 85.2 Å². The van der Waals surface area contributed by atoms with Crippen molar-refractivity contribution in [2.24, 2.45) is 17.3 Å². The molecular weight excluding hydrogens is 208 g/mol. The van der Waals surface area contributed by atoms with E-state index in [1.54, 1.807) is 0 Å². The van der Waals surface area contributed by atoms with Crippen LogP contribution < -0.4 is 0 Å². The smallest absolute Gasteiger partial charge is 0.0650 e. The molecule has 0 aliphatic heterocycles. The molecular formula is C16H32O. The molecule has 1 rings (SSSR count). The van der Waals surface area contributed by atoms with E-state index in [2.05, 4.69) is 34.6 Å². The first-order valence-electron chi connectivity index (χ1n) is 7.43. The van der Waals surface area contributed by atoms with Crippen LogP contribution in [-0.2, 0) is 0 Å². The van der Waals surface area contributed by atoms with Gasteiger partial charge in [-0.15, -0.1) is 0 Å². The normalized spacial score (nSPS) is 30.9. The Morgan fingerprint density at radius 3 is 2.47 bits per heavy atom. The monoisotopic (exact) mass is 240 g/mol. The van der Waals surface area contributed by atoms with E-state index in [0.29, 0.717) is 5.41 Å². The summed E-state index contributed by atoms with van der Waals surface area (Å²) in [4.78, 5) is 0. The lowest BCUT2D eigenvalue weighted by Crippen LogP contribution is -2.36. The molecule has 0 saturated heterocycles. The SMILES string of the molecule is CC(C)CC1CCCC(O)(CCC(C)(C)C)C1. The Balaban J connectivity index is 2.45. The van der Waals surface area contributed by atoms with Gasteiger partial charge in [-0.25, -0.2) is 0 Å². The molecule has 0 heterocycles. The minimum Gasteiger partial charge on any atom is -0.390 e. The number of rotatable bonds is 4. The summed E-state index contributed by atoms with van der Waals surface area (Å²) in [6, 6.07) is 0. The van der Waals surface area contributed by atoms with Gasteiger partial charge < -0.3 is 5.11 Å². The van der Waals surface area contributed by atoms with E-state index in [-0.39, 0.29) is 5.60 Å². The van der Waals surface area contributed by atoms with Crippen LogP contribution in [0, 0.1) is 17.3 Å². The molecule has 1 N–H and O–H groups in total. The Kier molecular flexibility index (Phi) is 5.07. The highest BCUT2D eigenvalue weighted by Crippen LogP contribution is 2.40. The van der Waals surface area contributed by atoms with E-state index in [1.165, 1.54) is 19.3 Å². The van der Waals surface area contributed by atoms with Crippen molar-refractivity contribution in [3.8, 4) is 0 Å². The van der Waals surface area contributed by atoms with Gasteiger partial charge in [-0.1, -0.05) is 47.5 Å². The third kappa shape index (κ3) is 5.90. The van der Waals surface area contributed by atoms with Crippen molar-refractivity contribution in [1.82, 2.24) is 0 Å². The maximum absolute atomic E-state index is 10.7. The molecule has 2 unspecified atom stereocenters. The van der Waals surface area contributed by atoms with Gasteiger partial charge in [-0.3, -0.25) is 0 Å². The van der Waals surface area contributed by atoms with Crippen LogP contribution in [0.15, 0.2) is 0 Å². The standard InChI is InChI=1S/C16H32O/c1-13(2)11-14-7-6-8-16(17,12-14)10-9-15(3,4)5/h13-14,17H,6-12H2,1-5H3. The summed E-state index contributed by atoms with van der Waals surface area (Å²) in [5.74, 6) is 1.53. The molecule has 0 radical (unpaired) electrons. The van der Waals surface area contributed by atoms with Gasteiger partial charge in [0.05, 0.1) is 5.60 Å². The first kappa shape index (κ1) is 15.0. The van der Waals surface area contributed by atoms with Gasteiger partial charge in [0.1, 0.15) is 0 Å². The Morgan fingerprint density at radius 1 is 1.29 bits per heavy atom. The summed E-state index contributed by atoms with van der Waals surface area (Å²) < 4.78 is 0. The highest BCUT2D eigenvalue weighted by Gasteiger charge is 2.34. The zero-order valence-corrected chi connectivity index (χ0v) is 12.6. The van der Waals surface area contributed by atoms with Crippen LogP contribution in [0.2, 0.25) is 0 Å². The fourth-order valence-electron chi connectivity index (χ4n) is 3.16. The predicted molar refractivity (Wildman–Crippen MR) is 75.1 cm³/mol. The molecule has 17 heavy (non-hydrogen) atoms. The molecule has 102 valence electrons. The minimum absolute atomic E-state index is 0.348. The molecule has 1 aliphatic carbocycles. The van der Waals surface area contributed by atoms with E-state index in [1.807, 2.05) is 0 Å². The quantitative estimate of drug-likeness (QED) is 0.749. The second kappa shape index (κ2) is 5.73. The Bertz CT molecular complexity index is 226. The number of hydrogen-bond acceptors (Lipinski definition) is 1. The zero-order valence-electron chi connectivity index (χ0n) is 12.6. The van der Waals surface area contributed by atoms with Crippen LogP contribution in [0.3, 0.4) is 0 Å². The van der Waals surface area contributed by atoms with E-state index in [0.717, 1.165) is 37.5 Å². The summed E-state index contributed by atoms with van der Waals surface area (Å²) in [6.07, 6.45) is 8.04. The zero-order chi connectivity index (χ0) is 13.1. The minimum atomic E-state index is -0.356. The van der Waals surface area contributed by atoms with Crippen LogP contribution in [0.1, 0.15) is 79.6 Å². The highest BCUT2D eigenvalue weighted by molar-refractivity contribution is 4.87. The Hall–Kier alpha value is -0.0400. The molecule has 1 nitrogen and oxygen atoms in total. The molecule has 1 saturated carbocycles. The second-order valence-electron chi connectivity index (χ2n) is 7.88. The molecule has 0 aromatic heterocycles. The van der Waals surface area contributed by atoms with E-state index in [4.69, 9.17) is 0 Å². The summed E-state index contributed by atoms with van der Waals surface area (Å²) in [6.45, 7) is 11.4. The molecule has 1 heteroatoms. The lowest BCUT2D eigenvalue weighted by molar-refractivity contribution is -0.0334. The van der Waals surface area contributed by atoms with Crippen LogP contribution >= 0.6 is 0 Å². The Morgan fingerprint density at radius 2 is 1.94 bits per heavy atom. The largest absolute Gasteiger partial charge is 0.390 e. The lowest BCUT2D eigenvalue weighted by atomic mass is 9.71. The molecule has 1 fully saturated rings. The van der Waals surface area contributed by atoms with Gasteiger partial charge in [0.25, 0.3) is 0 Å². The maximum Gasteiger partial charge on any atom is 0.0650 e. The fourth-order valence-corrected chi connectivity index (χ4v) is 3.16. The predicted octanol–water partition coefficient (Wildman–Crippen LogP) is 4.78. The third-order valence-corrected chi connectivity index (χ3v) is 4.07. The van der Waals surface area contributed by atoms with Crippen LogP contribution in [0.4, 0.5) is 0 Å². The van der Waals surface area contributed by atoms with Gasteiger partial charge in [0.15, 0.2) is 0 Å². The first-order chi connectivity index (χ1) is 7.70. The molecule has 1 aliphatic rings. The van der Waals surface area contributed by atoms with E-state index < -0.39 is 0 Å². The van der Waals surface area contributed by atoms with Crippen molar-refractivity contribution >= 4 is 0 Å². The first-order valence-corrected chi connectivity index (χ1v) is 7.43. The molecule has 0 amide bonds. The van der Waals surface area contributed by atoms with Crippen molar-refractivity contribution in [2.75, 3.05) is 0 Å². The average molecular weight is 240 g/mol. The third-order valence-electron chi connectivity index (χ3n) is 4.07. The topological polar surface area (TPSA) is 20.2 Å². The van der Waals surface area contributed by atoms with Crippen molar-refractivity contribution < 1.29 is 5.11 Å². The summed E-state index contributed by atoms with van der Waals surface area (Å²) in [7, 11) is 0. The highest BCUT2D eigenvalue weighted by atomic mass is 16.3.